The van der Waals surface area contributed by atoms with Crippen LogP contribution in [0.15, 0.2) is 40.3 Å². The summed E-state index contributed by atoms with van der Waals surface area (Å²) >= 11 is 1.32. The van der Waals surface area contributed by atoms with E-state index in [1.165, 1.54) is 18.2 Å². The van der Waals surface area contributed by atoms with Gasteiger partial charge in [-0.15, -0.1) is 5.10 Å². The van der Waals surface area contributed by atoms with Crippen LogP contribution in [0.1, 0.15) is 25.8 Å². The quantitative estimate of drug-likeness (QED) is 0.830. The normalized spacial score (nSPS) is 20.6. The monoisotopic (exact) mass is 360 g/mol. The summed E-state index contributed by atoms with van der Waals surface area (Å²) in [5.74, 6) is 1.50. The van der Waals surface area contributed by atoms with Gasteiger partial charge in [-0.2, -0.15) is 0 Å². The number of thioether (sulfide) groups is 1. The van der Waals surface area contributed by atoms with Gasteiger partial charge in [-0.25, -0.2) is 9.89 Å². The highest BCUT2D eigenvalue weighted by atomic mass is 32.2. The van der Waals surface area contributed by atoms with Crippen LogP contribution in [-0.2, 0) is 11.3 Å². The summed E-state index contributed by atoms with van der Waals surface area (Å²) in [5, 5.41) is 7.12. The van der Waals surface area contributed by atoms with E-state index < -0.39 is 0 Å². The highest BCUT2D eigenvalue weighted by molar-refractivity contribution is 7.99. The minimum atomic E-state index is -0.251. The summed E-state index contributed by atoms with van der Waals surface area (Å²) < 4.78 is 1.58. The van der Waals surface area contributed by atoms with Crippen molar-refractivity contribution >= 4 is 17.7 Å². The number of likely N-dealkylation sites (tertiary alicyclic amines) is 1. The largest absolute Gasteiger partial charge is 0.344 e. The van der Waals surface area contributed by atoms with Crippen LogP contribution in [0.4, 0.5) is 0 Å². The third-order valence-electron chi connectivity index (χ3n) is 4.45. The number of aromatic nitrogens is 3. The maximum Gasteiger partial charge on any atom is 0.344 e. The number of carbonyl (C=O) groups excluding carboxylic acids is 1. The molecule has 1 aliphatic heterocycles. The fourth-order valence-electron chi connectivity index (χ4n) is 3.40. The maximum absolute atomic E-state index is 12.5. The third-order valence-corrected chi connectivity index (χ3v) is 5.41. The van der Waals surface area contributed by atoms with Crippen LogP contribution in [0.25, 0.3) is 0 Å². The molecule has 25 heavy (non-hydrogen) atoms. The Hall–Kier alpha value is -2.02. The summed E-state index contributed by atoms with van der Waals surface area (Å²) in [7, 11) is 0. The molecule has 0 saturated carbocycles. The van der Waals surface area contributed by atoms with Gasteiger partial charge in [0.25, 0.3) is 0 Å². The van der Waals surface area contributed by atoms with Crippen molar-refractivity contribution in [2.24, 2.45) is 11.8 Å². The van der Waals surface area contributed by atoms with Crippen molar-refractivity contribution in [3.8, 4) is 0 Å². The smallest absolute Gasteiger partial charge is 0.341 e. The summed E-state index contributed by atoms with van der Waals surface area (Å²) in [5.41, 5.74) is 0.775. The van der Waals surface area contributed by atoms with Gasteiger partial charge in [-0.3, -0.25) is 9.36 Å². The molecule has 2 heterocycles. The molecule has 1 aromatic heterocycles. The molecule has 0 spiro atoms. The molecule has 0 aliphatic carbocycles. The lowest BCUT2D eigenvalue weighted by Crippen LogP contribution is -2.43. The van der Waals surface area contributed by atoms with Gasteiger partial charge in [0.15, 0.2) is 5.16 Å². The molecule has 2 atom stereocenters. The Morgan fingerprint density at radius 1 is 1.24 bits per heavy atom. The number of piperidine rings is 1. The number of hydrogen-bond acceptors (Lipinski definition) is 4. The van der Waals surface area contributed by atoms with Gasteiger partial charge in [0.2, 0.25) is 5.91 Å². The molecule has 7 heteroatoms. The van der Waals surface area contributed by atoms with Crippen molar-refractivity contribution in [1.29, 1.82) is 0 Å². The van der Waals surface area contributed by atoms with Crippen molar-refractivity contribution in [3.63, 3.8) is 0 Å². The van der Waals surface area contributed by atoms with Crippen LogP contribution in [0.2, 0.25) is 0 Å². The topological polar surface area (TPSA) is 71.0 Å². The Morgan fingerprint density at radius 3 is 2.60 bits per heavy atom. The van der Waals surface area contributed by atoms with E-state index in [-0.39, 0.29) is 11.6 Å². The lowest BCUT2D eigenvalue weighted by molar-refractivity contribution is -0.130. The molecule has 3 rings (SSSR count). The van der Waals surface area contributed by atoms with Gasteiger partial charge in [-0.1, -0.05) is 55.9 Å². The van der Waals surface area contributed by atoms with Gasteiger partial charge < -0.3 is 4.90 Å². The zero-order valence-electron chi connectivity index (χ0n) is 14.6. The molecule has 1 amide bonds. The number of hydrogen-bond donors (Lipinski definition) is 1. The number of H-pyrrole nitrogens is 1. The Kier molecular flexibility index (Phi) is 5.63. The summed E-state index contributed by atoms with van der Waals surface area (Å²) in [6.07, 6.45) is 1.17. The van der Waals surface area contributed by atoms with Crippen molar-refractivity contribution < 1.29 is 4.79 Å². The third kappa shape index (κ3) is 4.54. The SMILES string of the molecule is C[C@@H]1C[C@@H](C)CN(C(=O)CSc2n[nH]c(=O)n2Cc2ccccc2)C1. The Balaban J connectivity index is 1.64. The predicted octanol–water partition coefficient (Wildman–Crippen LogP) is 2.22. The van der Waals surface area contributed by atoms with Gasteiger partial charge >= 0.3 is 5.69 Å². The van der Waals surface area contributed by atoms with E-state index in [0.717, 1.165) is 18.7 Å². The second-order valence-corrected chi connectivity index (χ2v) is 7.86. The summed E-state index contributed by atoms with van der Waals surface area (Å²) in [6.45, 7) is 6.47. The molecule has 1 fully saturated rings. The molecule has 1 aliphatic rings. The lowest BCUT2D eigenvalue weighted by atomic mass is 9.92. The average Bonchev–Trinajstić information content (AvgIpc) is 2.93. The first-order valence-corrected chi connectivity index (χ1v) is 9.61. The van der Waals surface area contributed by atoms with Crippen LogP contribution in [-0.4, -0.2) is 44.4 Å². The first-order valence-electron chi connectivity index (χ1n) is 8.62. The van der Waals surface area contributed by atoms with E-state index in [2.05, 4.69) is 24.0 Å². The van der Waals surface area contributed by atoms with Crippen LogP contribution in [0.3, 0.4) is 0 Å². The number of aromatic amines is 1. The van der Waals surface area contributed by atoms with Gasteiger partial charge in [-0.05, 0) is 23.8 Å². The zero-order valence-corrected chi connectivity index (χ0v) is 15.5. The Morgan fingerprint density at radius 2 is 1.92 bits per heavy atom. The molecular weight excluding hydrogens is 336 g/mol. The fraction of sp³-hybridized carbons (Fsp3) is 0.500. The minimum absolute atomic E-state index is 0.116. The maximum atomic E-state index is 12.5. The summed E-state index contributed by atoms with van der Waals surface area (Å²) in [6, 6.07) is 9.76. The average molecular weight is 360 g/mol. The number of carbonyl (C=O) groups is 1. The Bertz CT molecular complexity index is 761. The molecule has 0 unspecified atom stereocenters. The van der Waals surface area contributed by atoms with Gasteiger partial charge in [0.05, 0.1) is 12.3 Å². The molecular formula is C18H24N4O2S. The second-order valence-electron chi connectivity index (χ2n) is 6.92. The van der Waals surface area contributed by atoms with E-state index in [0.29, 0.717) is 29.3 Å². The van der Waals surface area contributed by atoms with E-state index in [1.807, 2.05) is 35.2 Å². The minimum Gasteiger partial charge on any atom is -0.341 e. The summed E-state index contributed by atoms with van der Waals surface area (Å²) in [4.78, 5) is 26.5. The van der Waals surface area contributed by atoms with Crippen LogP contribution >= 0.6 is 11.8 Å². The number of nitrogens with zero attached hydrogens (tertiary/aromatic N) is 3. The number of rotatable bonds is 5. The molecule has 1 saturated heterocycles. The first kappa shape index (κ1) is 17.8. The molecule has 0 bridgehead atoms. The van der Waals surface area contributed by atoms with Gasteiger partial charge in [0.1, 0.15) is 0 Å². The molecule has 1 aromatic carbocycles. The highest BCUT2D eigenvalue weighted by Gasteiger charge is 2.25. The van der Waals surface area contributed by atoms with Crippen molar-refractivity contribution in [2.45, 2.75) is 32.0 Å². The molecule has 134 valence electrons. The van der Waals surface area contributed by atoms with E-state index in [1.54, 1.807) is 4.57 Å². The van der Waals surface area contributed by atoms with Crippen molar-refractivity contribution in [2.75, 3.05) is 18.8 Å². The van der Waals surface area contributed by atoms with Crippen LogP contribution in [0.5, 0.6) is 0 Å². The zero-order chi connectivity index (χ0) is 17.8. The van der Waals surface area contributed by atoms with Crippen LogP contribution in [0, 0.1) is 11.8 Å². The number of amides is 1. The Labute approximate surface area is 151 Å². The second kappa shape index (κ2) is 7.91. The standard InChI is InChI=1S/C18H24N4O2S/c1-13-8-14(2)10-21(9-13)16(23)12-25-18-20-19-17(24)22(18)11-15-6-4-3-5-7-15/h3-7,13-14H,8-12H2,1-2H3,(H,19,24)/t13-,14-/m1/s1. The van der Waals surface area contributed by atoms with Crippen molar-refractivity contribution in [1.82, 2.24) is 19.7 Å². The molecule has 0 radical (unpaired) electrons. The lowest BCUT2D eigenvalue weighted by Gasteiger charge is -2.34. The van der Waals surface area contributed by atoms with E-state index in [9.17, 15) is 9.59 Å². The van der Waals surface area contributed by atoms with Crippen molar-refractivity contribution in [3.05, 3.63) is 46.4 Å². The predicted molar refractivity (Wildman–Crippen MR) is 98.6 cm³/mol. The fourth-order valence-corrected chi connectivity index (χ4v) is 4.25. The van der Waals surface area contributed by atoms with E-state index >= 15 is 0 Å². The molecule has 1 N–H and O–H groups in total. The first-order chi connectivity index (χ1) is 12.0. The highest BCUT2D eigenvalue weighted by Crippen LogP contribution is 2.22. The van der Waals surface area contributed by atoms with E-state index in [4.69, 9.17) is 0 Å². The number of benzene rings is 1. The molecule has 6 nitrogen and oxygen atoms in total. The van der Waals surface area contributed by atoms with Gasteiger partial charge in [0, 0.05) is 13.1 Å². The number of nitrogens with one attached hydrogen (secondary N) is 1. The van der Waals surface area contributed by atoms with Crippen LogP contribution < -0.4 is 5.69 Å². The molecule has 2 aromatic rings.